The van der Waals surface area contributed by atoms with Gasteiger partial charge in [-0.05, 0) is 36.3 Å². The number of aliphatic hydroxyl groups is 1. The predicted octanol–water partition coefficient (Wildman–Crippen LogP) is 2.10. The first-order chi connectivity index (χ1) is 10.7. The molecule has 23 heavy (non-hydrogen) atoms. The Kier molecular flexibility index (Phi) is 4.95. The predicted molar refractivity (Wildman–Crippen MR) is 91.6 cm³/mol. The van der Waals surface area contributed by atoms with E-state index in [9.17, 15) is 9.90 Å². The largest absolute Gasteiger partial charge is 0.390 e. The fourth-order valence-electron chi connectivity index (χ4n) is 4.52. The minimum atomic E-state index is -0.509. The molecule has 2 fully saturated rings. The van der Waals surface area contributed by atoms with E-state index in [1.54, 1.807) is 0 Å². The SMILES string of the molecule is Cl.O=C(N[C@H]1c2ccccc2C[C@H]1O)C1CC2CCCCC2N1. The fraction of sp³-hybridized carbons (Fsp3) is 0.611. The number of hydrogen-bond donors (Lipinski definition) is 3. The Hall–Kier alpha value is -1.10. The quantitative estimate of drug-likeness (QED) is 0.775. The Bertz CT molecular complexity index is 566. The second kappa shape index (κ2) is 6.80. The van der Waals surface area contributed by atoms with Crippen LogP contribution in [0, 0.1) is 5.92 Å². The smallest absolute Gasteiger partial charge is 0.237 e. The molecular weight excluding hydrogens is 312 g/mol. The third kappa shape index (κ3) is 3.12. The number of amides is 1. The van der Waals surface area contributed by atoms with Gasteiger partial charge in [0.1, 0.15) is 0 Å². The summed E-state index contributed by atoms with van der Waals surface area (Å²) in [4.78, 5) is 12.6. The Morgan fingerprint density at radius 2 is 2.00 bits per heavy atom. The Morgan fingerprint density at radius 1 is 1.22 bits per heavy atom. The zero-order chi connectivity index (χ0) is 15.1. The summed E-state index contributed by atoms with van der Waals surface area (Å²) in [6, 6.07) is 8.18. The number of fused-ring (bicyclic) bond motifs is 2. The molecular formula is C18H25ClN2O2. The van der Waals surface area contributed by atoms with Crippen LogP contribution in [0.25, 0.3) is 0 Å². The van der Waals surface area contributed by atoms with Crippen molar-refractivity contribution in [1.29, 1.82) is 0 Å². The summed E-state index contributed by atoms with van der Waals surface area (Å²) < 4.78 is 0. The van der Waals surface area contributed by atoms with Crippen LogP contribution in [-0.2, 0) is 11.2 Å². The molecule has 3 aliphatic rings. The monoisotopic (exact) mass is 336 g/mol. The van der Waals surface area contributed by atoms with Crippen LogP contribution < -0.4 is 10.6 Å². The van der Waals surface area contributed by atoms with E-state index < -0.39 is 6.10 Å². The normalized spacial score (nSPS) is 35.1. The standard InChI is InChI=1S/C18H24N2O2.ClH/c21-16-10-11-5-1-3-7-13(11)17(16)20-18(22)15-9-12-6-2-4-8-14(12)19-15;/h1,3,5,7,12,14-17,19,21H,2,4,6,8-10H2,(H,20,22);1H/t12?,14?,15?,16-,17+;/m1./s1. The van der Waals surface area contributed by atoms with Gasteiger partial charge >= 0.3 is 0 Å². The molecule has 3 unspecified atom stereocenters. The number of rotatable bonds is 2. The van der Waals surface area contributed by atoms with E-state index in [0.29, 0.717) is 18.4 Å². The molecule has 1 amide bonds. The second-order valence-electron chi connectivity index (χ2n) is 7.06. The van der Waals surface area contributed by atoms with Crippen molar-refractivity contribution in [3.8, 4) is 0 Å². The van der Waals surface area contributed by atoms with Gasteiger partial charge in [0.15, 0.2) is 0 Å². The number of nitrogens with one attached hydrogen (secondary N) is 2. The Labute approximate surface area is 143 Å². The molecule has 0 radical (unpaired) electrons. The van der Waals surface area contributed by atoms with Crippen LogP contribution in [0.3, 0.4) is 0 Å². The molecule has 0 aromatic heterocycles. The van der Waals surface area contributed by atoms with E-state index in [2.05, 4.69) is 10.6 Å². The zero-order valence-corrected chi connectivity index (χ0v) is 14.0. The lowest BCUT2D eigenvalue weighted by Crippen LogP contribution is -2.45. The molecule has 1 aromatic rings. The molecule has 1 aliphatic heterocycles. The summed E-state index contributed by atoms with van der Waals surface area (Å²) >= 11 is 0. The van der Waals surface area contributed by atoms with Crippen molar-refractivity contribution in [2.24, 2.45) is 5.92 Å². The molecule has 1 aromatic carbocycles. The van der Waals surface area contributed by atoms with Crippen LogP contribution in [0.2, 0.25) is 0 Å². The van der Waals surface area contributed by atoms with E-state index in [-0.39, 0.29) is 30.4 Å². The van der Waals surface area contributed by atoms with Gasteiger partial charge in [-0.15, -0.1) is 12.4 Å². The van der Waals surface area contributed by atoms with Crippen LogP contribution in [0.4, 0.5) is 0 Å². The molecule has 0 spiro atoms. The number of hydrogen-bond acceptors (Lipinski definition) is 3. The van der Waals surface area contributed by atoms with Gasteiger partial charge < -0.3 is 15.7 Å². The van der Waals surface area contributed by atoms with Crippen LogP contribution >= 0.6 is 12.4 Å². The summed E-state index contributed by atoms with van der Waals surface area (Å²) in [5.74, 6) is 0.709. The molecule has 0 bridgehead atoms. The maximum atomic E-state index is 12.6. The number of carbonyl (C=O) groups is 1. The van der Waals surface area contributed by atoms with Gasteiger partial charge in [0.2, 0.25) is 5.91 Å². The van der Waals surface area contributed by atoms with E-state index >= 15 is 0 Å². The van der Waals surface area contributed by atoms with Crippen LogP contribution in [-0.4, -0.2) is 29.2 Å². The summed E-state index contributed by atoms with van der Waals surface area (Å²) in [7, 11) is 0. The molecule has 5 atom stereocenters. The van der Waals surface area contributed by atoms with Gasteiger partial charge in [-0.3, -0.25) is 4.79 Å². The van der Waals surface area contributed by atoms with Gasteiger partial charge in [-0.1, -0.05) is 37.1 Å². The number of carbonyl (C=O) groups excluding carboxylic acids is 1. The Morgan fingerprint density at radius 3 is 2.83 bits per heavy atom. The number of aliphatic hydroxyl groups excluding tert-OH is 1. The van der Waals surface area contributed by atoms with Crippen molar-refractivity contribution < 1.29 is 9.90 Å². The molecule has 126 valence electrons. The molecule has 4 rings (SSSR count). The highest BCUT2D eigenvalue weighted by Gasteiger charge is 2.40. The third-order valence-corrected chi connectivity index (χ3v) is 5.68. The highest BCUT2D eigenvalue weighted by Crippen LogP contribution is 2.35. The Balaban J connectivity index is 0.00000156. The first kappa shape index (κ1) is 16.7. The van der Waals surface area contributed by atoms with Crippen molar-refractivity contribution in [2.45, 2.75) is 62.8 Å². The zero-order valence-electron chi connectivity index (χ0n) is 13.2. The number of benzene rings is 1. The van der Waals surface area contributed by atoms with E-state index in [1.165, 1.54) is 25.7 Å². The molecule has 1 saturated carbocycles. The average molecular weight is 337 g/mol. The lowest BCUT2D eigenvalue weighted by molar-refractivity contribution is -0.124. The van der Waals surface area contributed by atoms with Gasteiger partial charge in [0, 0.05) is 12.5 Å². The van der Waals surface area contributed by atoms with Crippen LogP contribution in [0.5, 0.6) is 0 Å². The minimum Gasteiger partial charge on any atom is -0.390 e. The molecule has 4 nitrogen and oxygen atoms in total. The fourth-order valence-corrected chi connectivity index (χ4v) is 4.52. The average Bonchev–Trinajstić information content (AvgIpc) is 3.09. The van der Waals surface area contributed by atoms with Crippen molar-refractivity contribution in [1.82, 2.24) is 10.6 Å². The van der Waals surface area contributed by atoms with Gasteiger partial charge in [-0.25, -0.2) is 0 Å². The minimum absolute atomic E-state index is 0. The van der Waals surface area contributed by atoms with Crippen molar-refractivity contribution in [2.75, 3.05) is 0 Å². The van der Waals surface area contributed by atoms with E-state index in [4.69, 9.17) is 0 Å². The summed E-state index contributed by atoms with van der Waals surface area (Å²) in [6.45, 7) is 0. The maximum Gasteiger partial charge on any atom is 0.237 e. The molecule has 1 saturated heterocycles. The van der Waals surface area contributed by atoms with Gasteiger partial charge in [0.25, 0.3) is 0 Å². The molecule has 5 heteroatoms. The third-order valence-electron chi connectivity index (χ3n) is 5.68. The van der Waals surface area contributed by atoms with E-state index in [1.807, 2.05) is 24.3 Å². The van der Waals surface area contributed by atoms with Gasteiger partial charge in [0.05, 0.1) is 18.2 Å². The lowest BCUT2D eigenvalue weighted by atomic mass is 9.85. The van der Waals surface area contributed by atoms with Gasteiger partial charge in [-0.2, -0.15) is 0 Å². The molecule has 1 heterocycles. The summed E-state index contributed by atoms with van der Waals surface area (Å²) in [5, 5.41) is 16.9. The molecule has 2 aliphatic carbocycles. The highest BCUT2D eigenvalue weighted by molar-refractivity contribution is 5.85. The van der Waals surface area contributed by atoms with Crippen molar-refractivity contribution in [3.63, 3.8) is 0 Å². The van der Waals surface area contributed by atoms with Crippen LogP contribution in [0.15, 0.2) is 24.3 Å². The number of halogens is 1. The maximum absolute atomic E-state index is 12.6. The second-order valence-corrected chi connectivity index (χ2v) is 7.06. The topological polar surface area (TPSA) is 61.4 Å². The first-order valence-corrected chi connectivity index (χ1v) is 8.54. The summed E-state index contributed by atoms with van der Waals surface area (Å²) in [6.07, 6.45) is 6.08. The first-order valence-electron chi connectivity index (χ1n) is 8.54. The summed E-state index contributed by atoms with van der Waals surface area (Å²) in [5.41, 5.74) is 2.21. The lowest BCUT2D eigenvalue weighted by Gasteiger charge is -2.24. The highest BCUT2D eigenvalue weighted by atomic mass is 35.5. The van der Waals surface area contributed by atoms with Crippen LogP contribution in [0.1, 0.15) is 49.3 Å². The van der Waals surface area contributed by atoms with Crippen molar-refractivity contribution in [3.05, 3.63) is 35.4 Å². The van der Waals surface area contributed by atoms with Crippen molar-refractivity contribution >= 4 is 18.3 Å². The van der Waals surface area contributed by atoms with E-state index in [0.717, 1.165) is 17.5 Å². The molecule has 3 N–H and O–H groups in total.